The fraction of sp³-hybridized carbons (Fsp3) is 0.115. The Balaban J connectivity index is 1.42. The number of benzene rings is 3. The molecule has 34 heavy (non-hydrogen) atoms. The second-order valence-corrected chi connectivity index (χ2v) is 8.42. The molecule has 0 atom stereocenters. The maximum Gasteiger partial charge on any atom is 0.254 e. The predicted molar refractivity (Wildman–Crippen MR) is 125 cm³/mol. The summed E-state index contributed by atoms with van der Waals surface area (Å²) >= 11 is 6.01. The van der Waals surface area contributed by atoms with Gasteiger partial charge in [-0.15, -0.1) is 0 Å². The molecule has 170 valence electrons. The molecule has 2 heterocycles. The maximum absolute atomic E-state index is 13.3. The van der Waals surface area contributed by atoms with E-state index in [2.05, 4.69) is 5.16 Å². The van der Waals surface area contributed by atoms with Crippen molar-refractivity contribution in [2.24, 2.45) is 0 Å². The smallest absolute Gasteiger partial charge is 0.254 e. The average Bonchev–Trinajstić information content (AvgIpc) is 3.29. The number of rotatable bonds is 4. The third-order valence-electron chi connectivity index (χ3n) is 5.84. The average molecular weight is 475 g/mol. The van der Waals surface area contributed by atoms with Gasteiger partial charge in [-0.2, -0.15) is 0 Å². The van der Waals surface area contributed by atoms with E-state index in [0.717, 1.165) is 6.07 Å². The molecule has 1 aromatic heterocycles. The fourth-order valence-corrected chi connectivity index (χ4v) is 4.23. The van der Waals surface area contributed by atoms with Crippen LogP contribution in [-0.2, 0) is 13.0 Å². The minimum atomic E-state index is -0.252. The van der Waals surface area contributed by atoms with Gasteiger partial charge in [-0.05, 0) is 18.2 Å². The molecule has 3 aromatic carbocycles. The monoisotopic (exact) mass is 474 g/mol. The normalized spacial score (nSPS) is 12.9. The van der Waals surface area contributed by atoms with E-state index in [9.17, 15) is 19.8 Å². The van der Waals surface area contributed by atoms with E-state index >= 15 is 0 Å². The van der Waals surface area contributed by atoms with Crippen molar-refractivity contribution in [3.8, 4) is 22.8 Å². The lowest BCUT2D eigenvalue weighted by Crippen LogP contribution is -2.36. The first-order valence-electron chi connectivity index (χ1n) is 10.6. The molecule has 0 saturated heterocycles. The van der Waals surface area contributed by atoms with Crippen LogP contribution in [0.15, 0.2) is 71.3 Å². The van der Waals surface area contributed by atoms with Crippen molar-refractivity contribution in [1.82, 2.24) is 10.1 Å². The molecular weight excluding hydrogens is 456 g/mol. The second kappa shape index (κ2) is 8.68. The van der Waals surface area contributed by atoms with Gasteiger partial charge in [0.15, 0.2) is 11.5 Å². The molecule has 2 N–H and O–H groups in total. The number of carbonyl (C=O) groups is 2. The van der Waals surface area contributed by atoms with Gasteiger partial charge in [0.1, 0.15) is 11.5 Å². The molecule has 4 aromatic rings. The van der Waals surface area contributed by atoms with Gasteiger partial charge in [0.25, 0.3) is 5.91 Å². The number of carbonyl (C=O) groups excluding carboxylic acids is 2. The molecule has 0 unspecified atom stereocenters. The van der Waals surface area contributed by atoms with Crippen LogP contribution in [0.5, 0.6) is 11.5 Å². The van der Waals surface area contributed by atoms with Crippen LogP contribution < -0.4 is 0 Å². The molecule has 8 heteroatoms. The van der Waals surface area contributed by atoms with E-state index < -0.39 is 0 Å². The SMILES string of the molecule is O=C(c1ccccc1)c1cccc(C(=O)N2CCc3noc(-c4cc(Cl)c(O)cc4O)c3C2)c1. The predicted octanol–water partition coefficient (Wildman–Crippen LogP) is 4.84. The molecule has 1 aliphatic rings. The number of phenols is 2. The summed E-state index contributed by atoms with van der Waals surface area (Å²) in [5, 5.41) is 24.2. The van der Waals surface area contributed by atoms with Crippen molar-refractivity contribution < 1.29 is 24.3 Å². The third kappa shape index (κ3) is 3.91. The zero-order valence-electron chi connectivity index (χ0n) is 17.9. The minimum Gasteiger partial charge on any atom is -0.507 e. The highest BCUT2D eigenvalue weighted by Crippen LogP contribution is 2.40. The Bertz CT molecular complexity index is 1410. The van der Waals surface area contributed by atoms with E-state index in [0.29, 0.717) is 46.7 Å². The molecular formula is C26H19ClN2O5. The number of hydrogen-bond acceptors (Lipinski definition) is 6. The zero-order chi connectivity index (χ0) is 23.8. The maximum atomic E-state index is 13.3. The van der Waals surface area contributed by atoms with Gasteiger partial charge in [0.05, 0.1) is 22.8 Å². The van der Waals surface area contributed by atoms with Crippen LogP contribution in [-0.4, -0.2) is 38.5 Å². The van der Waals surface area contributed by atoms with Crippen LogP contribution in [0.4, 0.5) is 0 Å². The van der Waals surface area contributed by atoms with Crippen molar-refractivity contribution in [3.05, 3.63) is 99.7 Å². The van der Waals surface area contributed by atoms with Gasteiger partial charge in [0.2, 0.25) is 0 Å². The second-order valence-electron chi connectivity index (χ2n) is 8.01. The van der Waals surface area contributed by atoms with Crippen LogP contribution in [0.3, 0.4) is 0 Å². The Morgan fingerprint density at radius 1 is 0.912 bits per heavy atom. The molecule has 0 aliphatic carbocycles. The molecule has 1 aliphatic heterocycles. The number of aromatic nitrogens is 1. The highest BCUT2D eigenvalue weighted by Gasteiger charge is 2.29. The van der Waals surface area contributed by atoms with E-state index in [1.807, 2.05) is 6.07 Å². The lowest BCUT2D eigenvalue weighted by molar-refractivity contribution is 0.0734. The molecule has 5 rings (SSSR count). The number of ketones is 1. The molecule has 0 fully saturated rings. The molecule has 1 amide bonds. The van der Waals surface area contributed by atoms with Crippen LogP contribution >= 0.6 is 11.6 Å². The molecule has 0 saturated carbocycles. The summed E-state index contributed by atoms with van der Waals surface area (Å²) in [5.74, 6) is -0.556. The van der Waals surface area contributed by atoms with E-state index in [1.165, 1.54) is 6.07 Å². The first kappa shape index (κ1) is 21.7. The largest absolute Gasteiger partial charge is 0.507 e. The molecule has 0 radical (unpaired) electrons. The molecule has 0 spiro atoms. The highest BCUT2D eigenvalue weighted by atomic mass is 35.5. The first-order chi connectivity index (χ1) is 16.4. The summed E-state index contributed by atoms with van der Waals surface area (Å²) in [6.45, 7) is 0.638. The van der Waals surface area contributed by atoms with Gasteiger partial charge >= 0.3 is 0 Å². The Morgan fingerprint density at radius 2 is 1.65 bits per heavy atom. The summed E-state index contributed by atoms with van der Waals surface area (Å²) in [6.07, 6.45) is 0.472. The van der Waals surface area contributed by atoms with Gasteiger partial charge in [0, 0.05) is 41.3 Å². The van der Waals surface area contributed by atoms with Crippen molar-refractivity contribution >= 4 is 23.3 Å². The lowest BCUT2D eigenvalue weighted by Gasteiger charge is -2.26. The van der Waals surface area contributed by atoms with Crippen LogP contribution in [0.25, 0.3) is 11.3 Å². The summed E-state index contributed by atoms with van der Waals surface area (Å²) in [4.78, 5) is 27.8. The van der Waals surface area contributed by atoms with Gasteiger partial charge in [-0.1, -0.05) is 59.2 Å². The van der Waals surface area contributed by atoms with Crippen molar-refractivity contribution in [2.75, 3.05) is 6.54 Å². The fourth-order valence-electron chi connectivity index (χ4n) is 4.06. The first-order valence-corrected chi connectivity index (χ1v) is 11.0. The molecule has 7 nitrogen and oxygen atoms in total. The summed E-state index contributed by atoms with van der Waals surface area (Å²) < 4.78 is 5.48. The summed E-state index contributed by atoms with van der Waals surface area (Å²) in [7, 11) is 0. The highest BCUT2D eigenvalue weighted by molar-refractivity contribution is 6.32. The van der Waals surface area contributed by atoms with Crippen LogP contribution in [0.1, 0.15) is 37.5 Å². The molecule has 0 bridgehead atoms. The number of amides is 1. The third-order valence-corrected chi connectivity index (χ3v) is 6.14. The van der Waals surface area contributed by atoms with Crippen LogP contribution in [0.2, 0.25) is 5.02 Å². The Hall–Kier alpha value is -4.10. The van der Waals surface area contributed by atoms with Gasteiger partial charge in [-0.3, -0.25) is 9.59 Å². The van der Waals surface area contributed by atoms with Crippen molar-refractivity contribution in [3.63, 3.8) is 0 Å². The summed E-state index contributed by atoms with van der Waals surface area (Å²) in [6, 6.07) is 18.1. The van der Waals surface area contributed by atoms with E-state index in [1.54, 1.807) is 53.4 Å². The Labute approximate surface area is 199 Å². The van der Waals surface area contributed by atoms with E-state index in [4.69, 9.17) is 16.1 Å². The number of aromatic hydroxyl groups is 2. The van der Waals surface area contributed by atoms with Gasteiger partial charge in [-0.25, -0.2) is 0 Å². The number of phenolic OH excluding ortho intramolecular Hbond substituents is 2. The number of halogens is 1. The van der Waals surface area contributed by atoms with Crippen LogP contribution in [0, 0.1) is 0 Å². The van der Waals surface area contributed by atoms with Crippen molar-refractivity contribution in [1.29, 1.82) is 0 Å². The standard InChI is InChI=1S/C26H19ClN2O5/c27-20-12-18(22(30)13-23(20)31)25-19-14-29(10-9-21(19)28-34-25)26(33)17-8-4-7-16(11-17)24(32)15-5-2-1-3-6-15/h1-8,11-13,30-31H,9-10,14H2. The Morgan fingerprint density at radius 3 is 2.44 bits per heavy atom. The number of hydrogen-bond donors (Lipinski definition) is 2. The Kier molecular flexibility index (Phi) is 5.55. The minimum absolute atomic E-state index is 0.0570. The number of nitrogens with zero attached hydrogens (tertiary/aromatic N) is 2. The lowest BCUT2D eigenvalue weighted by atomic mass is 9.98. The van der Waals surface area contributed by atoms with Crippen molar-refractivity contribution in [2.45, 2.75) is 13.0 Å². The topological polar surface area (TPSA) is 104 Å². The van der Waals surface area contributed by atoms with E-state index in [-0.39, 0.29) is 40.3 Å². The summed E-state index contributed by atoms with van der Waals surface area (Å²) in [5.41, 5.74) is 3.02. The quantitative estimate of drug-likeness (QED) is 0.410. The zero-order valence-corrected chi connectivity index (χ0v) is 18.6. The number of fused-ring (bicyclic) bond motifs is 1. The van der Waals surface area contributed by atoms with Gasteiger partial charge < -0.3 is 19.6 Å².